The lowest BCUT2D eigenvalue weighted by Crippen LogP contribution is -2.38. The highest BCUT2D eigenvalue weighted by atomic mass is 19.4. The molecular weight excluding hydrogens is 254 g/mol. The number of halogens is 4. The Kier molecular flexibility index (Phi) is 4.52. The summed E-state index contributed by atoms with van der Waals surface area (Å²) in [4.78, 5) is 11.8. The summed E-state index contributed by atoms with van der Waals surface area (Å²) in [5.41, 5.74) is 0. The van der Waals surface area contributed by atoms with Gasteiger partial charge in [0, 0.05) is 7.05 Å². The first-order valence-electron chi connectivity index (χ1n) is 4.97. The van der Waals surface area contributed by atoms with Crippen molar-refractivity contribution in [1.82, 2.24) is 4.90 Å². The summed E-state index contributed by atoms with van der Waals surface area (Å²) in [6, 6.07) is 4.82. The molecule has 7 heteroatoms. The van der Waals surface area contributed by atoms with E-state index < -0.39 is 31.1 Å². The summed E-state index contributed by atoms with van der Waals surface area (Å²) in [5.74, 6) is -1.07. The van der Waals surface area contributed by atoms with Gasteiger partial charge in [-0.3, -0.25) is 4.79 Å². The minimum Gasteiger partial charge on any atom is -0.484 e. The highest BCUT2D eigenvalue weighted by Gasteiger charge is 2.31. The van der Waals surface area contributed by atoms with Gasteiger partial charge in [0.1, 0.15) is 18.1 Å². The molecule has 0 aromatic heterocycles. The van der Waals surface area contributed by atoms with Gasteiger partial charge in [0.25, 0.3) is 5.91 Å². The van der Waals surface area contributed by atoms with E-state index in [0.717, 1.165) is 19.2 Å². The van der Waals surface area contributed by atoms with Gasteiger partial charge in [-0.15, -0.1) is 0 Å². The molecule has 0 radical (unpaired) electrons. The lowest BCUT2D eigenvalue weighted by molar-refractivity contribution is -0.159. The predicted octanol–water partition coefficient (Wildman–Crippen LogP) is 2.23. The van der Waals surface area contributed by atoms with Gasteiger partial charge in [-0.25, -0.2) is 4.39 Å². The number of likely N-dealkylation sites (N-methyl/N-ethyl adjacent to an activating group) is 1. The SMILES string of the molecule is CN(CC(F)(F)F)C(=O)COc1ccc(F)cc1. The molecule has 0 unspecified atom stereocenters. The van der Waals surface area contributed by atoms with Crippen LogP contribution in [-0.2, 0) is 4.79 Å². The Hall–Kier alpha value is -1.79. The van der Waals surface area contributed by atoms with Crippen molar-refractivity contribution in [3.63, 3.8) is 0 Å². The molecule has 3 nitrogen and oxygen atoms in total. The Morgan fingerprint density at radius 3 is 2.33 bits per heavy atom. The van der Waals surface area contributed by atoms with Gasteiger partial charge in [0.05, 0.1) is 0 Å². The largest absolute Gasteiger partial charge is 0.484 e. The number of hydrogen-bond donors (Lipinski definition) is 0. The second-order valence-corrected chi connectivity index (χ2v) is 3.61. The molecule has 0 heterocycles. The highest BCUT2D eigenvalue weighted by molar-refractivity contribution is 5.77. The van der Waals surface area contributed by atoms with Crippen molar-refractivity contribution in [2.45, 2.75) is 6.18 Å². The van der Waals surface area contributed by atoms with Crippen LogP contribution in [0.4, 0.5) is 17.6 Å². The minimum atomic E-state index is -4.44. The fourth-order valence-electron chi connectivity index (χ4n) is 1.14. The standard InChI is InChI=1S/C11H11F4NO2/c1-16(7-11(13,14)15)10(17)6-18-9-4-2-8(12)3-5-9/h2-5H,6-7H2,1H3. The fraction of sp³-hybridized carbons (Fsp3) is 0.364. The first-order valence-corrected chi connectivity index (χ1v) is 4.97. The maximum absolute atomic E-state index is 12.5. The quantitative estimate of drug-likeness (QED) is 0.781. The molecule has 0 saturated carbocycles. The molecule has 0 saturated heterocycles. The van der Waals surface area contributed by atoms with E-state index in [9.17, 15) is 22.4 Å². The topological polar surface area (TPSA) is 29.5 Å². The number of nitrogens with zero attached hydrogens (tertiary/aromatic N) is 1. The number of benzene rings is 1. The van der Waals surface area contributed by atoms with Crippen molar-refractivity contribution in [2.75, 3.05) is 20.2 Å². The molecule has 1 amide bonds. The Bertz CT molecular complexity index is 402. The summed E-state index contributed by atoms with van der Waals surface area (Å²) in [7, 11) is 1.03. The van der Waals surface area contributed by atoms with Gasteiger partial charge in [-0.2, -0.15) is 13.2 Å². The zero-order chi connectivity index (χ0) is 13.8. The second kappa shape index (κ2) is 5.70. The third kappa shape index (κ3) is 5.03. The van der Waals surface area contributed by atoms with Gasteiger partial charge in [-0.05, 0) is 24.3 Å². The molecule has 100 valence electrons. The molecule has 0 aliphatic rings. The Labute approximate surface area is 101 Å². The third-order valence-corrected chi connectivity index (χ3v) is 2.02. The molecule has 0 aliphatic heterocycles. The maximum Gasteiger partial charge on any atom is 0.406 e. The van der Waals surface area contributed by atoms with E-state index in [4.69, 9.17) is 4.74 Å². The van der Waals surface area contributed by atoms with E-state index in [2.05, 4.69) is 0 Å². The van der Waals surface area contributed by atoms with E-state index in [0.29, 0.717) is 4.90 Å². The van der Waals surface area contributed by atoms with Crippen LogP contribution in [0.2, 0.25) is 0 Å². The Morgan fingerprint density at radius 1 is 1.28 bits per heavy atom. The molecular formula is C11H11F4NO2. The van der Waals surface area contributed by atoms with Crippen LogP contribution in [0.15, 0.2) is 24.3 Å². The first kappa shape index (κ1) is 14.3. The number of hydrogen-bond acceptors (Lipinski definition) is 2. The van der Waals surface area contributed by atoms with Gasteiger partial charge in [0.2, 0.25) is 0 Å². The average molecular weight is 265 g/mol. The fourth-order valence-corrected chi connectivity index (χ4v) is 1.14. The maximum atomic E-state index is 12.5. The zero-order valence-corrected chi connectivity index (χ0v) is 9.50. The summed E-state index contributed by atoms with van der Waals surface area (Å²) in [6.07, 6.45) is -4.44. The van der Waals surface area contributed by atoms with Crippen LogP contribution >= 0.6 is 0 Å². The molecule has 0 bridgehead atoms. The van der Waals surface area contributed by atoms with Crippen LogP contribution in [0.5, 0.6) is 5.75 Å². The number of alkyl halides is 3. The number of carbonyl (C=O) groups excluding carboxylic acids is 1. The molecule has 0 aliphatic carbocycles. The molecule has 0 N–H and O–H groups in total. The van der Waals surface area contributed by atoms with Crippen molar-refractivity contribution in [2.24, 2.45) is 0 Å². The zero-order valence-electron chi connectivity index (χ0n) is 9.50. The van der Waals surface area contributed by atoms with Crippen molar-refractivity contribution in [3.05, 3.63) is 30.1 Å². The minimum absolute atomic E-state index is 0.213. The lowest BCUT2D eigenvalue weighted by atomic mass is 10.3. The molecule has 0 fully saturated rings. The van der Waals surface area contributed by atoms with Crippen molar-refractivity contribution in [1.29, 1.82) is 0 Å². The smallest absolute Gasteiger partial charge is 0.406 e. The van der Waals surface area contributed by atoms with Crippen LogP contribution in [0, 0.1) is 5.82 Å². The van der Waals surface area contributed by atoms with E-state index in [1.54, 1.807) is 0 Å². The molecule has 1 rings (SSSR count). The van der Waals surface area contributed by atoms with Crippen molar-refractivity contribution < 1.29 is 27.1 Å². The first-order chi connectivity index (χ1) is 8.28. The number of amides is 1. The molecule has 1 aromatic rings. The highest BCUT2D eigenvalue weighted by Crippen LogP contribution is 2.16. The van der Waals surface area contributed by atoms with Gasteiger partial charge >= 0.3 is 6.18 Å². The van der Waals surface area contributed by atoms with Gasteiger partial charge < -0.3 is 9.64 Å². The van der Waals surface area contributed by atoms with Gasteiger partial charge in [-0.1, -0.05) is 0 Å². The molecule has 1 aromatic carbocycles. The summed E-state index contributed by atoms with van der Waals surface area (Å²) in [6.45, 7) is -1.86. The van der Waals surface area contributed by atoms with E-state index in [1.807, 2.05) is 0 Å². The number of ether oxygens (including phenoxy) is 1. The molecule has 0 atom stereocenters. The monoisotopic (exact) mass is 265 g/mol. The van der Waals surface area contributed by atoms with Crippen LogP contribution in [0.25, 0.3) is 0 Å². The van der Waals surface area contributed by atoms with E-state index in [1.165, 1.54) is 12.1 Å². The Morgan fingerprint density at radius 2 is 1.83 bits per heavy atom. The van der Waals surface area contributed by atoms with Crippen molar-refractivity contribution in [3.8, 4) is 5.75 Å². The molecule has 18 heavy (non-hydrogen) atoms. The van der Waals surface area contributed by atoms with Crippen molar-refractivity contribution >= 4 is 5.91 Å². The summed E-state index contributed by atoms with van der Waals surface area (Å²) >= 11 is 0. The normalized spacial score (nSPS) is 11.2. The molecule has 0 spiro atoms. The van der Waals surface area contributed by atoms with E-state index in [-0.39, 0.29) is 5.75 Å². The summed E-state index contributed by atoms with van der Waals surface area (Å²) < 4.78 is 53.5. The van der Waals surface area contributed by atoms with Crippen LogP contribution in [0.1, 0.15) is 0 Å². The van der Waals surface area contributed by atoms with Gasteiger partial charge in [0.15, 0.2) is 6.61 Å². The average Bonchev–Trinajstić information content (AvgIpc) is 2.25. The Balaban J connectivity index is 2.43. The predicted molar refractivity (Wildman–Crippen MR) is 55.6 cm³/mol. The summed E-state index contributed by atoms with van der Waals surface area (Å²) in [5, 5.41) is 0. The van der Waals surface area contributed by atoms with Crippen LogP contribution in [-0.4, -0.2) is 37.2 Å². The second-order valence-electron chi connectivity index (χ2n) is 3.61. The van der Waals surface area contributed by atoms with Crippen LogP contribution in [0.3, 0.4) is 0 Å². The number of rotatable bonds is 4. The van der Waals surface area contributed by atoms with Crippen LogP contribution < -0.4 is 4.74 Å². The van der Waals surface area contributed by atoms with E-state index >= 15 is 0 Å². The lowest BCUT2D eigenvalue weighted by Gasteiger charge is -2.18. The third-order valence-electron chi connectivity index (χ3n) is 2.02. The number of carbonyl (C=O) groups is 1.